The molecule has 0 heterocycles. The average molecular weight is 199 g/mol. The third-order valence-corrected chi connectivity index (χ3v) is 3.38. The van der Waals surface area contributed by atoms with E-state index in [1.807, 2.05) is 0 Å². The van der Waals surface area contributed by atoms with Crippen LogP contribution in [0.1, 0.15) is 33.1 Å². The zero-order chi connectivity index (χ0) is 10.6. The molecule has 1 saturated carbocycles. The standard InChI is InChI=1S/C11H25N3/c1-4-13-10-7-11(2,8-10)5-6-14(3)9-12/h10,13H,4-9,12H2,1-3H3. The van der Waals surface area contributed by atoms with Gasteiger partial charge in [0.1, 0.15) is 0 Å². The Morgan fingerprint density at radius 2 is 2.14 bits per heavy atom. The molecule has 3 heteroatoms. The molecule has 3 nitrogen and oxygen atoms in total. The number of nitrogens with one attached hydrogen (secondary N) is 1. The number of hydrogen-bond acceptors (Lipinski definition) is 3. The summed E-state index contributed by atoms with van der Waals surface area (Å²) in [5.74, 6) is 0. The Hall–Kier alpha value is -0.120. The molecule has 14 heavy (non-hydrogen) atoms. The molecule has 1 aliphatic rings. The van der Waals surface area contributed by atoms with Crippen molar-refractivity contribution in [2.75, 3.05) is 26.8 Å². The molecule has 0 aromatic rings. The number of hydrogen-bond donors (Lipinski definition) is 2. The van der Waals surface area contributed by atoms with Gasteiger partial charge in [0, 0.05) is 12.7 Å². The summed E-state index contributed by atoms with van der Waals surface area (Å²) in [6.45, 7) is 7.48. The van der Waals surface area contributed by atoms with E-state index >= 15 is 0 Å². The summed E-state index contributed by atoms with van der Waals surface area (Å²) in [6.07, 6.45) is 3.95. The van der Waals surface area contributed by atoms with Gasteiger partial charge in [-0.25, -0.2) is 0 Å². The Kier molecular flexibility index (Phi) is 4.35. The third kappa shape index (κ3) is 3.23. The second kappa shape index (κ2) is 5.10. The summed E-state index contributed by atoms with van der Waals surface area (Å²) in [6, 6.07) is 0.771. The quantitative estimate of drug-likeness (QED) is 0.627. The lowest BCUT2D eigenvalue weighted by Crippen LogP contribution is -2.48. The van der Waals surface area contributed by atoms with E-state index in [0.29, 0.717) is 12.1 Å². The van der Waals surface area contributed by atoms with Crippen molar-refractivity contribution < 1.29 is 0 Å². The fourth-order valence-electron chi connectivity index (χ4n) is 2.32. The van der Waals surface area contributed by atoms with Gasteiger partial charge in [0.25, 0.3) is 0 Å². The maximum Gasteiger partial charge on any atom is 0.0452 e. The molecule has 0 atom stereocenters. The molecule has 0 aliphatic heterocycles. The SMILES string of the molecule is CCNC1CC(C)(CCN(C)CN)C1. The van der Waals surface area contributed by atoms with Crippen LogP contribution in [0.3, 0.4) is 0 Å². The van der Waals surface area contributed by atoms with E-state index in [2.05, 4.69) is 31.1 Å². The highest BCUT2D eigenvalue weighted by Crippen LogP contribution is 2.43. The normalized spacial score (nSPS) is 31.9. The van der Waals surface area contributed by atoms with Crippen LogP contribution in [0.5, 0.6) is 0 Å². The van der Waals surface area contributed by atoms with Crippen LogP contribution in [0.25, 0.3) is 0 Å². The minimum Gasteiger partial charge on any atom is -0.318 e. The van der Waals surface area contributed by atoms with Crippen molar-refractivity contribution in [1.82, 2.24) is 10.2 Å². The molecule has 1 fully saturated rings. The molecule has 3 N–H and O–H groups in total. The van der Waals surface area contributed by atoms with E-state index in [9.17, 15) is 0 Å². The molecule has 0 aromatic heterocycles. The molecular formula is C11H25N3. The van der Waals surface area contributed by atoms with Gasteiger partial charge < -0.3 is 11.1 Å². The van der Waals surface area contributed by atoms with E-state index in [4.69, 9.17) is 5.73 Å². The number of nitrogens with zero attached hydrogens (tertiary/aromatic N) is 1. The van der Waals surface area contributed by atoms with Crippen molar-refractivity contribution in [2.45, 2.75) is 39.2 Å². The highest BCUT2D eigenvalue weighted by Gasteiger charge is 2.39. The van der Waals surface area contributed by atoms with Gasteiger partial charge in [-0.05, 0) is 44.8 Å². The van der Waals surface area contributed by atoms with Crippen molar-refractivity contribution in [3.63, 3.8) is 0 Å². The molecule has 0 bridgehead atoms. The second-order valence-corrected chi connectivity index (χ2v) is 4.99. The van der Waals surface area contributed by atoms with Crippen molar-refractivity contribution in [1.29, 1.82) is 0 Å². The fourth-order valence-corrected chi connectivity index (χ4v) is 2.32. The summed E-state index contributed by atoms with van der Waals surface area (Å²) < 4.78 is 0. The Labute approximate surface area is 88.0 Å². The first-order chi connectivity index (χ1) is 6.59. The molecule has 84 valence electrons. The molecule has 0 spiro atoms. The van der Waals surface area contributed by atoms with Gasteiger partial charge in [-0.1, -0.05) is 13.8 Å². The van der Waals surface area contributed by atoms with Gasteiger partial charge >= 0.3 is 0 Å². The third-order valence-electron chi connectivity index (χ3n) is 3.38. The monoisotopic (exact) mass is 199 g/mol. The first-order valence-corrected chi connectivity index (χ1v) is 5.71. The Morgan fingerprint density at radius 3 is 2.64 bits per heavy atom. The second-order valence-electron chi connectivity index (χ2n) is 4.99. The average Bonchev–Trinajstić information content (AvgIpc) is 2.12. The van der Waals surface area contributed by atoms with Crippen LogP contribution in [0.4, 0.5) is 0 Å². The van der Waals surface area contributed by atoms with Crippen LogP contribution in [0.2, 0.25) is 0 Å². The number of nitrogens with two attached hydrogens (primary N) is 1. The zero-order valence-electron chi connectivity index (χ0n) is 9.84. The molecule has 0 unspecified atom stereocenters. The van der Waals surface area contributed by atoms with Gasteiger partial charge in [0.05, 0.1) is 0 Å². The molecule has 0 saturated heterocycles. The predicted octanol–water partition coefficient (Wildman–Crippen LogP) is 1.00. The molecule has 0 aromatic carbocycles. The van der Waals surface area contributed by atoms with Crippen LogP contribution in [-0.2, 0) is 0 Å². The van der Waals surface area contributed by atoms with Gasteiger partial charge in [-0.3, -0.25) is 4.90 Å². The van der Waals surface area contributed by atoms with Crippen molar-refractivity contribution in [3.05, 3.63) is 0 Å². The summed E-state index contributed by atoms with van der Waals surface area (Å²) in [7, 11) is 2.09. The van der Waals surface area contributed by atoms with Crippen LogP contribution in [0, 0.1) is 5.41 Å². The largest absolute Gasteiger partial charge is 0.318 e. The lowest BCUT2D eigenvalue weighted by atomic mass is 9.65. The fraction of sp³-hybridized carbons (Fsp3) is 1.00. The van der Waals surface area contributed by atoms with E-state index in [0.717, 1.165) is 19.1 Å². The molecular weight excluding hydrogens is 174 g/mol. The molecule has 1 rings (SSSR count). The molecule has 0 amide bonds. The summed E-state index contributed by atoms with van der Waals surface area (Å²) >= 11 is 0. The Morgan fingerprint density at radius 1 is 1.50 bits per heavy atom. The van der Waals surface area contributed by atoms with Crippen molar-refractivity contribution >= 4 is 0 Å². The predicted molar refractivity (Wildman–Crippen MR) is 61.1 cm³/mol. The first-order valence-electron chi connectivity index (χ1n) is 5.71. The maximum absolute atomic E-state index is 5.55. The van der Waals surface area contributed by atoms with Crippen LogP contribution in [0.15, 0.2) is 0 Å². The van der Waals surface area contributed by atoms with Gasteiger partial charge in [0.2, 0.25) is 0 Å². The highest BCUT2D eigenvalue weighted by molar-refractivity contribution is 4.94. The van der Waals surface area contributed by atoms with E-state index < -0.39 is 0 Å². The minimum absolute atomic E-state index is 0.566. The van der Waals surface area contributed by atoms with Gasteiger partial charge in [-0.15, -0.1) is 0 Å². The Bertz CT molecular complexity index is 164. The van der Waals surface area contributed by atoms with E-state index in [-0.39, 0.29) is 0 Å². The van der Waals surface area contributed by atoms with Crippen molar-refractivity contribution in [3.8, 4) is 0 Å². The van der Waals surface area contributed by atoms with Crippen LogP contribution < -0.4 is 11.1 Å². The first kappa shape index (κ1) is 12.0. The maximum atomic E-state index is 5.55. The van der Waals surface area contributed by atoms with E-state index in [1.165, 1.54) is 19.3 Å². The molecule has 1 aliphatic carbocycles. The smallest absolute Gasteiger partial charge is 0.0452 e. The zero-order valence-corrected chi connectivity index (χ0v) is 9.84. The lowest BCUT2D eigenvalue weighted by molar-refractivity contribution is 0.0817. The lowest BCUT2D eigenvalue weighted by Gasteiger charge is -2.46. The topological polar surface area (TPSA) is 41.3 Å². The molecule has 0 radical (unpaired) electrons. The number of rotatable bonds is 6. The van der Waals surface area contributed by atoms with Crippen LogP contribution in [-0.4, -0.2) is 37.7 Å². The summed E-state index contributed by atoms with van der Waals surface area (Å²) in [5, 5.41) is 3.50. The summed E-state index contributed by atoms with van der Waals surface area (Å²) in [4.78, 5) is 2.19. The minimum atomic E-state index is 0.566. The van der Waals surface area contributed by atoms with Crippen LogP contribution >= 0.6 is 0 Å². The highest BCUT2D eigenvalue weighted by atomic mass is 15.1. The van der Waals surface area contributed by atoms with E-state index in [1.54, 1.807) is 0 Å². The van der Waals surface area contributed by atoms with Gasteiger partial charge in [0.15, 0.2) is 0 Å². The Balaban J connectivity index is 2.14. The van der Waals surface area contributed by atoms with Gasteiger partial charge in [-0.2, -0.15) is 0 Å². The van der Waals surface area contributed by atoms with Crippen molar-refractivity contribution in [2.24, 2.45) is 11.1 Å². The summed E-state index contributed by atoms with van der Waals surface area (Å²) in [5.41, 5.74) is 6.12.